The van der Waals surface area contributed by atoms with Crippen molar-refractivity contribution in [2.75, 3.05) is 20.3 Å². The van der Waals surface area contributed by atoms with E-state index in [4.69, 9.17) is 29.6 Å². The van der Waals surface area contributed by atoms with Crippen LogP contribution in [0, 0.1) is 0 Å². The van der Waals surface area contributed by atoms with Crippen LogP contribution in [0.1, 0.15) is 13.8 Å². The molecule has 2 nitrogen and oxygen atoms in total. The van der Waals surface area contributed by atoms with E-state index in [1.807, 2.05) is 18.7 Å². The second kappa shape index (κ2) is 8.66. The Morgan fingerprint density at radius 2 is 2.17 bits per heavy atom. The summed E-state index contributed by atoms with van der Waals surface area (Å²) < 4.78 is 5.51. The minimum atomic E-state index is 0. The first kappa shape index (κ1) is 15.5. The molecule has 0 bridgehead atoms. The third kappa shape index (κ3) is 5.67. The van der Waals surface area contributed by atoms with Gasteiger partial charge in [0.1, 0.15) is 0 Å². The van der Waals surface area contributed by atoms with Crippen LogP contribution in [0.25, 0.3) is 0 Å². The van der Waals surface area contributed by atoms with E-state index in [1.165, 1.54) is 0 Å². The van der Waals surface area contributed by atoms with Gasteiger partial charge >= 0.3 is 29.6 Å². The fourth-order valence-corrected chi connectivity index (χ4v) is 1.57. The van der Waals surface area contributed by atoms with Gasteiger partial charge in [0.05, 0.1) is 6.61 Å². The second-order valence-electron chi connectivity index (χ2n) is 2.36. The molecule has 0 saturated heterocycles. The van der Waals surface area contributed by atoms with E-state index in [0.29, 0.717) is 10.9 Å². The van der Waals surface area contributed by atoms with Crippen LogP contribution in [0.4, 0.5) is 0 Å². The molecule has 0 aromatic carbocycles. The van der Waals surface area contributed by atoms with Gasteiger partial charge in [0, 0.05) is 19.7 Å². The number of hydrogen-bond donors (Lipinski definition) is 0. The number of ether oxygens (including phenoxy) is 1. The fourth-order valence-electron chi connectivity index (χ4n) is 0.952. The number of hydrogen-bond acceptors (Lipinski definition) is 3. The van der Waals surface area contributed by atoms with Crippen LogP contribution < -0.4 is 29.6 Å². The first-order chi connectivity index (χ1) is 5.13. The number of nitrogens with zero attached hydrogens (tertiary/aromatic N) is 1. The number of rotatable bonds is 4. The molecular formula is C7H14NNaOS2. The standard InChI is InChI=1S/C7H15NOS2.Na/c1-4-8(7(10)11)6(2)5-9-3;/h6H,4-5H2,1-3H3,(H,10,11);/q;+1/p-1/t6-;/m0./s1. The van der Waals surface area contributed by atoms with Crippen molar-refractivity contribution in [1.82, 2.24) is 4.90 Å². The van der Waals surface area contributed by atoms with Gasteiger partial charge in [0.15, 0.2) is 0 Å². The van der Waals surface area contributed by atoms with Crippen molar-refractivity contribution in [3.8, 4) is 0 Å². The van der Waals surface area contributed by atoms with Gasteiger partial charge in [0.2, 0.25) is 0 Å². The van der Waals surface area contributed by atoms with Crippen molar-refractivity contribution < 1.29 is 34.3 Å². The second-order valence-corrected chi connectivity index (χ2v) is 3.39. The zero-order chi connectivity index (χ0) is 8.85. The maximum Gasteiger partial charge on any atom is 1.00 e. The molecule has 12 heavy (non-hydrogen) atoms. The van der Waals surface area contributed by atoms with Gasteiger partial charge in [-0.25, -0.2) is 0 Å². The largest absolute Gasteiger partial charge is 1.00 e. The summed E-state index contributed by atoms with van der Waals surface area (Å²) in [6, 6.07) is 0.287. The van der Waals surface area contributed by atoms with Crippen molar-refractivity contribution in [1.29, 1.82) is 0 Å². The Hall–Kier alpha value is 1.07. The van der Waals surface area contributed by atoms with Crippen LogP contribution >= 0.6 is 12.2 Å². The van der Waals surface area contributed by atoms with E-state index >= 15 is 0 Å². The SMILES string of the molecule is CCN(C(=S)[S-])[C@@H](C)COC.[Na+]. The van der Waals surface area contributed by atoms with Crippen molar-refractivity contribution in [3.05, 3.63) is 0 Å². The Bertz CT molecular complexity index is 135. The predicted molar refractivity (Wildman–Crippen MR) is 53.7 cm³/mol. The maximum absolute atomic E-state index is 4.99. The minimum absolute atomic E-state index is 0. The van der Waals surface area contributed by atoms with E-state index in [9.17, 15) is 0 Å². The normalized spacial score (nSPS) is 11.6. The first-order valence-corrected chi connectivity index (χ1v) is 4.41. The number of likely N-dealkylation sites (N-methyl/N-ethyl adjacent to an activating group) is 1. The zero-order valence-corrected chi connectivity index (χ0v) is 11.8. The summed E-state index contributed by atoms with van der Waals surface area (Å²) in [5, 5.41) is 0. The van der Waals surface area contributed by atoms with Crippen molar-refractivity contribution in [2.45, 2.75) is 19.9 Å². The van der Waals surface area contributed by atoms with Crippen LogP contribution in [0.5, 0.6) is 0 Å². The van der Waals surface area contributed by atoms with Crippen molar-refractivity contribution in [3.63, 3.8) is 0 Å². The molecule has 0 aliphatic carbocycles. The maximum atomic E-state index is 4.99. The Morgan fingerprint density at radius 1 is 1.67 bits per heavy atom. The smallest absolute Gasteiger partial charge is 0.411 e. The van der Waals surface area contributed by atoms with Gasteiger partial charge in [-0.2, -0.15) is 0 Å². The van der Waals surface area contributed by atoms with E-state index in [-0.39, 0.29) is 35.6 Å². The van der Waals surface area contributed by atoms with E-state index < -0.39 is 0 Å². The van der Waals surface area contributed by atoms with Gasteiger partial charge in [-0.15, -0.1) is 0 Å². The quantitative estimate of drug-likeness (QED) is 0.311. The van der Waals surface area contributed by atoms with Crippen LogP contribution in [0.2, 0.25) is 0 Å². The molecule has 0 unspecified atom stereocenters. The Morgan fingerprint density at radius 3 is 2.42 bits per heavy atom. The molecule has 66 valence electrons. The molecule has 1 atom stereocenters. The molecular weight excluding hydrogens is 201 g/mol. The Labute approximate surface area is 108 Å². The third-order valence-electron chi connectivity index (χ3n) is 1.52. The monoisotopic (exact) mass is 215 g/mol. The van der Waals surface area contributed by atoms with Crippen LogP contribution in [0.3, 0.4) is 0 Å². The summed E-state index contributed by atoms with van der Waals surface area (Å²) in [5.74, 6) is 0. The van der Waals surface area contributed by atoms with Gasteiger partial charge in [-0.05, 0) is 13.8 Å². The number of methoxy groups -OCH3 is 1. The van der Waals surface area contributed by atoms with E-state index in [2.05, 4.69) is 0 Å². The summed E-state index contributed by atoms with van der Waals surface area (Å²) in [6.45, 7) is 5.60. The summed E-state index contributed by atoms with van der Waals surface area (Å²) >= 11 is 9.78. The zero-order valence-electron chi connectivity index (χ0n) is 8.16. The fraction of sp³-hybridized carbons (Fsp3) is 0.857. The molecule has 0 aliphatic rings. The molecule has 0 aliphatic heterocycles. The molecule has 0 amide bonds. The summed E-state index contributed by atoms with van der Waals surface area (Å²) in [7, 11) is 1.68. The van der Waals surface area contributed by atoms with Crippen molar-refractivity contribution in [2.24, 2.45) is 0 Å². The van der Waals surface area contributed by atoms with Crippen LogP contribution in [-0.4, -0.2) is 35.5 Å². The molecule has 0 spiro atoms. The van der Waals surface area contributed by atoms with Crippen molar-refractivity contribution >= 4 is 29.2 Å². The molecule has 0 heterocycles. The van der Waals surface area contributed by atoms with Gasteiger partial charge in [0.25, 0.3) is 0 Å². The predicted octanol–water partition coefficient (Wildman–Crippen LogP) is -1.82. The third-order valence-corrected chi connectivity index (χ3v) is 1.98. The van der Waals surface area contributed by atoms with Gasteiger partial charge in [-0.1, -0.05) is 4.32 Å². The van der Waals surface area contributed by atoms with Gasteiger partial charge in [-0.3, -0.25) is 0 Å². The molecule has 0 N–H and O–H groups in total. The van der Waals surface area contributed by atoms with E-state index in [1.54, 1.807) is 7.11 Å². The Balaban J connectivity index is 0. The molecule has 5 heteroatoms. The molecule has 0 fully saturated rings. The average molecular weight is 215 g/mol. The summed E-state index contributed by atoms with van der Waals surface area (Å²) in [4.78, 5) is 1.97. The average Bonchev–Trinajstić information content (AvgIpc) is 1.88. The minimum Gasteiger partial charge on any atom is -0.411 e. The van der Waals surface area contributed by atoms with Crippen LogP contribution in [-0.2, 0) is 17.4 Å². The van der Waals surface area contributed by atoms with E-state index in [0.717, 1.165) is 6.54 Å². The molecule has 0 radical (unpaired) electrons. The number of thiocarbonyl (C=S) groups is 1. The molecule has 0 aromatic heterocycles. The molecule has 0 saturated carbocycles. The molecule has 0 aromatic rings. The summed E-state index contributed by atoms with van der Waals surface area (Å²) in [6.07, 6.45) is 0. The summed E-state index contributed by atoms with van der Waals surface area (Å²) in [5.41, 5.74) is 0. The van der Waals surface area contributed by atoms with Crippen LogP contribution in [0.15, 0.2) is 0 Å². The topological polar surface area (TPSA) is 12.5 Å². The first-order valence-electron chi connectivity index (χ1n) is 3.60. The molecule has 0 rings (SSSR count). The Kier molecular flexibility index (Phi) is 11.2. The van der Waals surface area contributed by atoms with Gasteiger partial charge < -0.3 is 34.5 Å².